The molecule has 3 rings (SSSR count). The van der Waals surface area contributed by atoms with Gasteiger partial charge in [-0.3, -0.25) is 29.8 Å². The minimum atomic E-state index is -0.988. The molecule has 0 radical (unpaired) electrons. The number of hydrogen-bond donors (Lipinski definition) is 3. The van der Waals surface area contributed by atoms with Crippen molar-refractivity contribution in [3.05, 3.63) is 115 Å². The fourth-order valence-electron chi connectivity index (χ4n) is 2.85. The Morgan fingerprint density at radius 2 is 1.54 bits per heavy atom. The maximum absolute atomic E-state index is 12.8. The average Bonchev–Trinajstić information content (AvgIpc) is 2.85. The molecule has 35 heavy (non-hydrogen) atoms. The summed E-state index contributed by atoms with van der Waals surface area (Å²) < 4.78 is 0. The van der Waals surface area contributed by atoms with Gasteiger partial charge >= 0.3 is 5.69 Å². The molecule has 0 atom stereocenters. The maximum Gasteiger partial charge on any atom is 0.318 e. The third-order valence-electron chi connectivity index (χ3n) is 4.52. The molecule has 2 amide bonds. The van der Waals surface area contributed by atoms with Crippen molar-refractivity contribution in [3.63, 3.8) is 0 Å². The number of nitrogens with one attached hydrogen (secondary N) is 2. The van der Waals surface area contributed by atoms with Gasteiger partial charge in [0.2, 0.25) is 5.75 Å². The van der Waals surface area contributed by atoms with Gasteiger partial charge in [-0.2, -0.15) is 5.10 Å². The third-order valence-corrected chi connectivity index (χ3v) is 4.52. The smallest absolute Gasteiger partial charge is 0.318 e. The normalized spacial score (nSPS) is 11.1. The molecule has 12 nitrogen and oxygen atoms in total. The molecule has 3 aromatic rings. The average molecular weight is 475 g/mol. The van der Waals surface area contributed by atoms with Crippen LogP contribution in [0.2, 0.25) is 0 Å². The summed E-state index contributed by atoms with van der Waals surface area (Å²) in [7, 11) is 0. The van der Waals surface area contributed by atoms with Crippen LogP contribution in [0.1, 0.15) is 21.5 Å². The van der Waals surface area contributed by atoms with E-state index in [0.717, 1.165) is 12.3 Å². The summed E-state index contributed by atoms with van der Waals surface area (Å²) in [5.41, 5.74) is 0.946. The van der Waals surface area contributed by atoms with Gasteiger partial charge in [-0.05, 0) is 23.8 Å². The van der Waals surface area contributed by atoms with Gasteiger partial charge in [0.05, 0.1) is 27.7 Å². The number of amides is 2. The summed E-state index contributed by atoms with van der Waals surface area (Å²) in [5.74, 6) is -2.27. The summed E-state index contributed by atoms with van der Waals surface area (Å²) in [6.07, 6.45) is 2.22. The lowest BCUT2D eigenvalue weighted by atomic mass is 10.1. The minimum absolute atomic E-state index is 0.170. The lowest BCUT2D eigenvalue weighted by Crippen LogP contribution is -2.32. The summed E-state index contributed by atoms with van der Waals surface area (Å²) in [6, 6.07) is 18.3. The minimum Gasteiger partial charge on any atom is -0.502 e. The van der Waals surface area contributed by atoms with E-state index in [1.165, 1.54) is 6.08 Å². The molecule has 0 unspecified atom stereocenters. The van der Waals surface area contributed by atoms with E-state index in [0.29, 0.717) is 17.2 Å². The fourth-order valence-corrected chi connectivity index (χ4v) is 2.85. The van der Waals surface area contributed by atoms with Gasteiger partial charge in [0.15, 0.2) is 0 Å². The number of phenols is 1. The predicted molar refractivity (Wildman–Crippen MR) is 125 cm³/mol. The lowest BCUT2D eigenvalue weighted by Gasteiger charge is -2.09. The van der Waals surface area contributed by atoms with Crippen LogP contribution in [-0.4, -0.2) is 33.0 Å². The molecule has 0 spiro atoms. The Labute approximate surface area is 197 Å². The van der Waals surface area contributed by atoms with E-state index < -0.39 is 38.8 Å². The van der Waals surface area contributed by atoms with Crippen molar-refractivity contribution >= 4 is 35.5 Å². The largest absolute Gasteiger partial charge is 0.502 e. The molecular formula is C23H17N5O7. The molecule has 0 heterocycles. The number of hydrogen-bond acceptors (Lipinski definition) is 8. The van der Waals surface area contributed by atoms with E-state index in [2.05, 4.69) is 15.8 Å². The van der Waals surface area contributed by atoms with Crippen LogP contribution in [0, 0.1) is 20.2 Å². The molecule has 3 aromatic carbocycles. The monoisotopic (exact) mass is 475 g/mol. The van der Waals surface area contributed by atoms with Gasteiger partial charge in [-0.25, -0.2) is 5.43 Å². The molecule has 12 heteroatoms. The number of aromatic hydroxyl groups is 1. The molecule has 0 aromatic heterocycles. The Balaban J connectivity index is 1.86. The summed E-state index contributed by atoms with van der Waals surface area (Å²) in [4.78, 5) is 45.6. The number of non-ortho nitro benzene ring substituents is 1. The van der Waals surface area contributed by atoms with Gasteiger partial charge in [0.25, 0.3) is 17.5 Å². The number of rotatable bonds is 8. The molecule has 0 aliphatic heterocycles. The van der Waals surface area contributed by atoms with E-state index >= 15 is 0 Å². The van der Waals surface area contributed by atoms with Crippen molar-refractivity contribution in [2.45, 2.75) is 0 Å². The lowest BCUT2D eigenvalue weighted by molar-refractivity contribution is -0.394. The second kappa shape index (κ2) is 11.0. The Bertz CT molecular complexity index is 1340. The first-order chi connectivity index (χ1) is 16.8. The quantitative estimate of drug-likeness (QED) is 0.194. The van der Waals surface area contributed by atoms with Crippen LogP contribution in [0.3, 0.4) is 0 Å². The Hall–Kier alpha value is -5.39. The van der Waals surface area contributed by atoms with Crippen LogP contribution in [0.4, 0.5) is 11.4 Å². The van der Waals surface area contributed by atoms with Crippen molar-refractivity contribution in [2.24, 2.45) is 5.10 Å². The summed E-state index contributed by atoms with van der Waals surface area (Å²) in [5, 5.41) is 38.3. The molecule has 0 bridgehead atoms. The van der Waals surface area contributed by atoms with Crippen LogP contribution in [0.5, 0.6) is 5.75 Å². The van der Waals surface area contributed by atoms with Crippen molar-refractivity contribution in [3.8, 4) is 5.75 Å². The van der Waals surface area contributed by atoms with Crippen molar-refractivity contribution < 1.29 is 24.5 Å². The number of carbonyl (C=O) groups excluding carboxylic acids is 2. The van der Waals surface area contributed by atoms with E-state index in [1.54, 1.807) is 60.7 Å². The number of nitrogens with zero attached hydrogens (tertiary/aromatic N) is 3. The van der Waals surface area contributed by atoms with Gasteiger partial charge in [-0.15, -0.1) is 0 Å². The molecule has 0 saturated carbocycles. The van der Waals surface area contributed by atoms with Crippen molar-refractivity contribution in [1.29, 1.82) is 0 Å². The van der Waals surface area contributed by atoms with Crippen molar-refractivity contribution in [2.75, 3.05) is 0 Å². The van der Waals surface area contributed by atoms with E-state index in [-0.39, 0.29) is 11.3 Å². The number of hydrazone groups is 1. The zero-order chi connectivity index (χ0) is 25.4. The third kappa shape index (κ3) is 6.32. The van der Waals surface area contributed by atoms with Crippen LogP contribution in [0.25, 0.3) is 6.08 Å². The topological polar surface area (TPSA) is 177 Å². The van der Waals surface area contributed by atoms with E-state index in [4.69, 9.17) is 0 Å². The van der Waals surface area contributed by atoms with Crippen LogP contribution in [0.15, 0.2) is 83.6 Å². The Kier molecular flexibility index (Phi) is 7.60. The van der Waals surface area contributed by atoms with Crippen LogP contribution < -0.4 is 10.7 Å². The number of nitro benzene ring substituents is 2. The Morgan fingerprint density at radius 1 is 0.914 bits per heavy atom. The molecule has 3 N–H and O–H groups in total. The first-order valence-corrected chi connectivity index (χ1v) is 9.88. The van der Waals surface area contributed by atoms with Gasteiger partial charge in [0.1, 0.15) is 5.70 Å². The standard InChI is InChI=1S/C23H17N5O7/c29-21-17(12-18(27(32)33)13-20(21)28(34)35)14-24-26-23(31)19(11-15-7-3-1-4-8-15)25-22(30)16-9-5-2-6-10-16/h1-14,29H,(H,25,30)(H,26,31)/b19-11+,24-14+. The number of nitro groups is 2. The number of benzene rings is 3. The summed E-state index contributed by atoms with van der Waals surface area (Å²) in [6.45, 7) is 0. The number of phenolic OH excluding ortho intramolecular Hbond substituents is 1. The zero-order valence-corrected chi connectivity index (χ0v) is 17.8. The molecule has 0 fully saturated rings. The highest BCUT2D eigenvalue weighted by Gasteiger charge is 2.23. The van der Waals surface area contributed by atoms with Gasteiger partial charge in [-0.1, -0.05) is 48.5 Å². The maximum atomic E-state index is 12.8. The SMILES string of the molecule is O=C(N/N=C/c1cc([N+](=O)[O-])cc([N+](=O)[O-])c1O)/C(=C\c1ccccc1)NC(=O)c1ccccc1. The molecule has 176 valence electrons. The zero-order valence-electron chi connectivity index (χ0n) is 17.8. The van der Waals surface area contributed by atoms with E-state index in [1.807, 2.05) is 0 Å². The fraction of sp³-hybridized carbons (Fsp3) is 0. The highest BCUT2D eigenvalue weighted by Crippen LogP contribution is 2.33. The van der Waals surface area contributed by atoms with Gasteiger partial charge < -0.3 is 10.4 Å². The second-order valence-electron chi connectivity index (χ2n) is 6.90. The van der Waals surface area contributed by atoms with Crippen LogP contribution in [-0.2, 0) is 4.79 Å². The highest BCUT2D eigenvalue weighted by atomic mass is 16.6. The predicted octanol–water partition coefficient (Wildman–Crippen LogP) is 3.13. The first-order valence-electron chi connectivity index (χ1n) is 9.88. The Morgan fingerprint density at radius 3 is 2.14 bits per heavy atom. The second-order valence-corrected chi connectivity index (χ2v) is 6.90. The van der Waals surface area contributed by atoms with Gasteiger partial charge in [0, 0.05) is 11.6 Å². The first kappa shape index (κ1) is 24.3. The van der Waals surface area contributed by atoms with E-state index in [9.17, 15) is 34.9 Å². The van der Waals surface area contributed by atoms with Crippen LogP contribution >= 0.6 is 0 Å². The summed E-state index contributed by atoms with van der Waals surface area (Å²) >= 11 is 0. The molecular weight excluding hydrogens is 458 g/mol. The number of carbonyl (C=O) groups is 2. The molecule has 0 aliphatic rings. The highest BCUT2D eigenvalue weighted by molar-refractivity contribution is 6.05. The van der Waals surface area contributed by atoms with Crippen molar-refractivity contribution in [1.82, 2.24) is 10.7 Å². The molecule has 0 saturated heterocycles. The molecule has 0 aliphatic carbocycles.